The average molecular weight is 440 g/mol. The molecule has 0 bridgehead atoms. The molecule has 0 aromatic heterocycles. The predicted molar refractivity (Wildman–Crippen MR) is 128 cm³/mol. The summed E-state index contributed by atoms with van der Waals surface area (Å²) in [6.07, 6.45) is 10.4. The van der Waals surface area contributed by atoms with Gasteiger partial charge in [-0.15, -0.1) is 0 Å². The Bertz CT molecular complexity index is 796. The number of carbonyl (C=O) groups is 2. The summed E-state index contributed by atoms with van der Waals surface area (Å²) >= 11 is 0. The molecule has 1 heterocycles. The molecule has 3 aliphatic rings. The molecule has 5 nitrogen and oxygen atoms in total. The molecule has 1 aliphatic heterocycles. The lowest BCUT2D eigenvalue weighted by molar-refractivity contribution is -0.121. The second-order valence-electron chi connectivity index (χ2n) is 10.8. The van der Waals surface area contributed by atoms with E-state index in [0.29, 0.717) is 18.4 Å². The lowest BCUT2D eigenvalue weighted by atomic mass is 9.60. The van der Waals surface area contributed by atoms with Crippen molar-refractivity contribution in [2.45, 2.75) is 82.6 Å². The van der Waals surface area contributed by atoms with Crippen molar-refractivity contribution < 1.29 is 9.59 Å². The fourth-order valence-electron chi connectivity index (χ4n) is 6.30. The average Bonchev–Trinajstić information content (AvgIpc) is 3.03. The van der Waals surface area contributed by atoms with E-state index in [0.717, 1.165) is 32.2 Å². The summed E-state index contributed by atoms with van der Waals surface area (Å²) in [7, 11) is 1.65. The molecule has 176 valence electrons. The third-order valence-corrected chi connectivity index (χ3v) is 8.80. The highest BCUT2D eigenvalue weighted by atomic mass is 16.2. The summed E-state index contributed by atoms with van der Waals surface area (Å²) in [4.78, 5) is 29.5. The zero-order valence-corrected chi connectivity index (χ0v) is 20.2. The van der Waals surface area contributed by atoms with E-state index in [4.69, 9.17) is 0 Å². The topological polar surface area (TPSA) is 52.7 Å². The van der Waals surface area contributed by atoms with Gasteiger partial charge in [0, 0.05) is 20.1 Å². The Morgan fingerprint density at radius 3 is 2.41 bits per heavy atom. The van der Waals surface area contributed by atoms with E-state index in [-0.39, 0.29) is 29.4 Å². The van der Waals surface area contributed by atoms with E-state index in [1.165, 1.54) is 37.7 Å². The lowest BCUT2D eigenvalue weighted by Gasteiger charge is -2.50. The van der Waals surface area contributed by atoms with Gasteiger partial charge >= 0.3 is 6.03 Å². The largest absolute Gasteiger partial charge is 0.358 e. The Morgan fingerprint density at radius 2 is 1.84 bits per heavy atom. The number of hydrogen-bond donors (Lipinski definition) is 1. The summed E-state index contributed by atoms with van der Waals surface area (Å²) in [5.74, 6) is 1.24. The van der Waals surface area contributed by atoms with E-state index in [1.807, 2.05) is 4.90 Å². The number of hydrogen-bond acceptors (Lipinski definition) is 2. The van der Waals surface area contributed by atoms with Crippen LogP contribution in [0.1, 0.15) is 77.2 Å². The molecule has 1 saturated heterocycles. The van der Waals surface area contributed by atoms with Gasteiger partial charge in [0.25, 0.3) is 0 Å². The summed E-state index contributed by atoms with van der Waals surface area (Å²) in [5.41, 5.74) is 1.54. The van der Waals surface area contributed by atoms with Gasteiger partial charge in [-0.1, -0.05) is 57.0 Å². The fraction of sp³-hybridized carbons (Fsp3) is 0.704. The molecule has 1 aromatic carbocycles. The van der Waals surface area contributed by atoms with Crippen LogP contribution < -0.4 is 5.32 Å². The molecule has 2 aliphatic carbocycles. The van der Waals surface area contributed by atoms with Gasteiger partial charge in [-0.3, -0.25) is 4.79 Å². The minimum atomic E-state index is -0.117. The van der Waals surface area contributed by atoms with Crippen molar-refractivity contribution in [2.75, 3.05) is 26.7 Å². The first-order valence-electron chi connectivity index (χ1n) is 12.7. The van der Waals surface area contributed by atoms with Crippen molar-refractivity contribution in [1.29, 1.82) is 0 Å². The molecular weight excluding hydrogens is 398 g/mol. The molecule has 0 radical (unpaired) electrons. The molecule has 2 saturated carbocycles. The minimum absolute atomic E-state index is 0.0784. The monoisotopic (exact) mass is 439 g/mol. The van der Waals surface area contributed by atoms with Crippen LogP contribution in [0.2, 0.25) is 0 Å². The second kappa shape index (κ2) is 9.44. The minimum Gasteiger partial charge on any atom is -0.358 e. The maximum atomic E-state index is 13.4. The van der Waals surface area contributed by atoms with Crippen molar-refractivity contribution in [1.82, 2.24) is 15.1 Å². The zero-order chi connectivity index (χ0) is 22.8. The second-order valence-corrected chi connectivity index (χ2v) is 10.8. The van der Waals surface area contributed by atoms with Gasteiger partial charge in [-0.05, 0) is 67.8 Å². The zero-order valence-electron chi connectivity index (χ0n) is 20.2. The number of carbonyl (C=O) groups excluding carboxylic acids is 2. The van der Waals surface area contributed by atoms with Crippen LogP contribution in [-0.2, 0) is 10.2 Å². The first-order chi connectivity index (χ1) is 15.4. The lowest BCUT2D eigenvalue weighted by Crippen LogP contribution is -2.54. The van der Waals surface area contributed by atoms with Gasteiger partial charge in [0.05, 0.1) is 5.54 Å². The summed E-state index contributed by atoms with van der Waals surface area (Å²) in [5, 5.41) is 2.69. The fourth-order valence-corrected chi connectivity index (χ4v) is 6.30. The number of amides is 3. The van der Waals surface area contributed by atoms with E-state index in [1.54, 1.807) is 7.05 Å². The molecule has 4 rings (SSSR count). The highest BCUT2D eigenvalue weighted by Gasteiger charge is 2.54. The molecule has 1 unspecified atom stereocenters. The van der Waals surface area contributed by atoms with Gasteiger partial charge in [0.15, 0.2) is 0 Å². The van der Waals surface area contributed by atoms with E-state index >= 15 is 0 Å². The first kappa shape index (κ1) is 23.1. The summed E-state index contributed by atoms with van der Waals surface area (Å²) in [6, 6.07) is 11.1. The van der Waals surface area contributed by atoms with Crippen LogP contribution in [0.15, 0.2) is 30.3 Å². The number of nitrogens with one attached hydrogen (secondary N) is 1. The Kier molecular flexibility index (Phi) is 6.83. The van der Waals surface area contributed by atoms with Crippen LogP contribution in [0.3, 0.4) is 0 Å². The van der Waals surface area contributed by atoms with E-state index < -0.39 is 0 Å². The van der Waals surface area contributed by atoms with Crippen LogP contribution in [0.25, 0.3) is 0 Å². The summed E-state index contributed by atoms with van der Waals surface area (Å²) in [6.45, 7) is 6.41. The normalized spacial score (nSPS) is 29.3. The molecule has 1 spiro atoms. The molecule has 1 aromatic rings. The van der Waals surface area contributed by atoms with Crippen molar-refractivity contribution >= 4 is 11.9 Å². The van der Waals surface area contributed by atoms with Crippen LogP contribution >= 0.6 is 0 Å². The molecule has 32 heavy (non-hydrogen) atoms. The number of rotatable bonds is 8. The van der Waals surface area contributed by atoms with Crippen molar-refractivity contribution in [2.24, 2.45) is 11.8 Å². The molecule has 1 N–H and O–H groups in total. The number of urea groups is 1. The molecular formula is C27H41N3O2. The van der Waals surface area contributed by atoms with Gasteiger partial charge < -0.3 is 15.1 Å². The Morgan fingerprint density at radius 1 is 1.16 bits per heavy atom. The Balaban J connectivity index is 1.58. The molecule has 5 heteroatoms. The van der Waals surface area contributed by atoms with Crippen molar-refractivity contribution in [3.8, 4) is 0 Å². The molecule has 1 atom stereocenters. The smallest absolute Gasteiger partial charge is 0.321 e. The molecule has 3 fully saturated rings. The van der Waals surface area contributed by atoms with Gasteiger partial charge in [-0.25, -0.2) is 4.79 Å². The third kappa shape index (κ3) is 4.40. The van der Waals surface area contributed by atoms with Crippen molar-refractivity contribution in [3.05, 3.63) is 35.9 Å². The maximum Gasteiger partial charge on any atom is 0.321 e. The standard InChI is InChI=1S/C27H41N3O2/c1-4-21(2)17-26(23-11-6-5-7-12-23)13-15-27(16-14-26)20-29(19-24(31)28-3)25(32)30(27)18-22-9-8-10-22/h5-7,11-12,21-22H,4,8-10,13-20H2,1-3H3,(H,28,31). The van der Waals surface area contributed by atoms with E-state index in [9.17, 15) is 9.59 Å². The molecule has 3 amide bonds. The van der Waals surface area contributed by atoms with Crippen molar-refractivity contribution in [3.63, 3.8) is 0 Å². The number of nitrogens with zero attached hydrogens (tertiary/aromatic N) is 2. The number of likely N-dealkylation sites (N-methyl/N-ethyl adjacent to an activating group) is 1. The SMILES string of the molecule is CCC(C)CC1(c2ccccc2)CCC2(CC1)CN(CC(=O)NC)C(=O)N2CC1CCC1. The quantitative estimate of drug-likeness (QED) is 0.623. The Hall–Kier alpha value is -2.04. The third-order valence-electron chi connectivity index (χ3n) is 8.80. The Labute approximate surface area is 193 Å². The first-order valence-corrected chi connectivity index (χ1v) is 12.7. The van der Waals surface area contributed by atoms with Crippen LogP contribution in [0, 0.1) is 11.8 Å². The van der Waals surface area contributed by atoms with Crippen LogP contribution in [0.5, 0.6) is 0 Å². The van der Waals surface area contributed by atoms with E-state index in [2.05, 4.69) is 54.4 Å². The highest BCUT2D eigenvalue weighted by molar-refractivity contribution is 5.85. The van der Waals surface area contributed by atoms with Crippen LogP contribution in [-0.4, -0.2) is 54.0 Å². The van der Waals surface area contributed by atoms with Gasteiger partial charge in [0.1, 0.15) is 6.54 Å². The summed E-state index contributed by atoms with van der Waals surface area (Å²) < 4.78 is 0. The van der Waals surface area contributed by atoms with Gasteiger partial charge in [0.2, 0.25) is 5.91 Å². The highest BCUT2D eigenvalue weighted by Crippen LogP contribution is 2.51. The maximum absolute atomic E-state index is 13.4. The predicted octanol–water partition coefficient (Wildman–Crippen LogP) is 4.96. The van der Waals surface area contributed by atoms with Crippen LogP contribution in [0.4, 0.5) is 4.79 Å². The van der Waals surface area contributed by atoms with Gasteiger partial charge in [-0.2, -0.15) is 0 Å². The number of benzene rings is 1.